The second-order valence-electron chi connectivity index (χ2n) is 5.06. The molecule has 0 aliphatic carbocycles. The molecule has 1 unspecified atom stereocenters. The third-order valence-corrected chi connectivity index (χ3v) is 4.22. The zero-order chi connectivity index (χ0) is 14.7. The summed E-state index contributed by atoms with van der Waals surface area (Å²) in [5.74, 6) is 0.883. The predicted molar refractivity (Wildman–Crippen MR) is 87.2 cm³/mol. The Kier molecular flexibility index (Phi) is 4.84. The Hall–Kier alpha value is -1.32. The number of rotatable bonds is 4. The van der Waals surface area contributed by atoms with Gasteiger partial charge >= 0.3 is 0 Å². The summed E-state index contributed by atoms with van der Waals surface area (Å²) in [4.78, 5) is 0. The Morgan fingerprint density at radius 2 is 1.95 bits per heavy atom. The molecule has 2 N–H and O–H groups in total. The van der Waals surface area contributed by atoms with Crippen molar-refractivity contribution < 1.29 is 4.74 Å². The van der Waals surface area contributed by atoms with Gasteiger partial charge < -0.3 is 10.5 Å². The van der Waals surface area contributed by atoms with Crippen molar-refractivity contribution in [3.8, 4) is 5.75 Å². The van der Waals surface area contributed by atoms with Crippen molar-refractivity contribution >= 4 is 15.9 Å². The van der Waals surface area contributed by atoms with E-state index in [-0.39, 0.29) is 6.04 Å². The zero-order valence-electron chi connectivity index (χ0n) is 12.1. The molecule has 0 aliphatic rings. The van der Waals surface area contributed by atoms with E-state index in [0.717, 1.165) is 22.2 Å². The highest BCUT2D eigenvalue weighted by atomic mass is 79.9. The first kappa shape index (κ1) is 15.1. The summed E-state index contributed by atoms with van der Waals surface area (Å²) in [6.45, 7) is 4.24. The second kappa shape index (κ2) is 6.42. The fraction of sp³-hybridized carbons (Fsp3) is 0.294. The van der Waals surface area contributed by atoms with E-state index in [1.807, 2.05) is 12.1 Å². The van der Waals surface area contributed by atoms with Gasteiger partial charge in [-0.1, -0.05) is 34.1 Å². The quantitative estimate of drug-likeness (QED) is 0.904. The van der Waals surface area contributed by atoms with E-state index >= 15 is 0 Å². The number of hydrogen-bond donors (Lipinski definition) is 1. The Morgan fingerprint density at radius 1 is 1.20 bits per heavy atom. The van der Waals surface area contributed by atoms with E-state index in [4.69, 9.17) is 10.5 Å². The van der Waals surface area contributed by atoms with Gasteiger partial charge in [-0.15, -0.1) is 0 Å². The van der Waals surface area contributed by atoms with Crippen LogP contribution in [-0.2, 0) is 6.42 Å². The fourth-order valence-corrected chi connectivity index (χ4v) is 2.84. The minimum absolute atomic E-state index is 0.0295. The molecule has 0 amide bonds. The third-order valence-electron chi connectivity index (χ3n) is 3.73. The number of aryl methyl sites for hydroxylation is 1. The number of halogens is 1. The molecule has 0 aromatic heterocycles. The molecule has 2 aromatic rings. The Morgan fingerprint density at radius 3 is 2.65 bits per heavy atom. The van der Waals surface area contributed by atoms with Gasteiger partial charge in [0.1, 0.15) is 5.75 Å². The summed E-state index contributed by atoms with van der Waals surface area (Å²) in [6.07, 6.45) is 0.757. The monoisotopic (exact) mass is 333 g/mol. The molecule has 2 aromatic carbocycles. The molecule has 0 spiro atoms. The van der Waals surface area contributed by atoms with Gasteiger partial charge in [0.15, 0.2) is 0 Å². The summed E-state index contributed by atoms with van der Waals surface area (Å²) in [7, 11) is 1.69. The van der Waals surface area contributed by atoms with E-state index in [1.165, 1.54) is 16.7 Å². The lowest BCUT2D eigenvalue weighted by Crippen LogP contribution is -2.15. The molecule has 2 rings (SSSR count). The van der Waals surface area contributed by atoms with E-state index < -0.39 is 0 Å². The van der Waals surface area contributed by atoms with Crippen LogP contribution in [0.1, 0.15) is 28.3 Å². The number of nitrogens with two attached hydrogens (primary N) is 1. The summed E-state index contributed by atoms with van der Waals surface area (Å²) in [5.41, 5.74) is 11.3. The first-order valence-corrected chi connectivity index (χ1v) is 7.46. The van der Waals surface area contributed by atoms with Gasteiger partial charge in [0.25, 0.3) is 0 Å². The van der Waals surface area contributed by atoms with Crippen LogP contribution in [0.4, 0.5) is 0 Å². The van der Waals surface area contributed by atoms with Crippen LogP contribution in [0.25, 0.3) is 0 Å². The standard InChI is InChI=1S/C17H20BrNO/c1-11-5-4-6-15(12(11)2)16(19)10-13-9-14(18)7-8-17(13)20-3/h4-9,16H,10,19H2,1-3H3. The van der Waals surface area contributed by atoms with Crippen LogP contribution in [-0.4, -0.2) is 7.11 Å². The Labute approximate surface area is 129 Å². The minimum Gasteiger partial charge on any atom is -0.496 e. The Balaban J connectivity index is 2.30. The van der Waals surface area contributed by atoms with Gasteiger partial charge in [-0.2, -0.15) is 0 Å². The molecule has 0 heterocycles. The number of ether oxygens (including phenoxy) is 1. The number of methoxy groups -OCH3 is 1. The highest BCUT2D eigenvalue weighted by Crippen LogP contribution is 2.28. The van der Waals surface area contributed by atoms with E-state index in [2.05, 4.69) is 54.0 Å². The Bertz CT molecular complexity index is 610. The normalized spacial score (nSPS) is 12.2. The lowest BCUT2D eigenvalue weighted by molar-refractivity contribution is 0.408. The van der Waals surface area contributed by atoms with Crippen molar-refractivity contribution in [2.75, 3.05) is 7.11 Å². The summed E-state index contributed by atoms with van der Waals surface area (Å²) in [6, 6.07) is 12.3. The van der Waals surface area contributed by atoms with E-state index in [9.17, 15) is 0 Å². The smallest absolute Gasteiger partial charge is 0.122 e. The highest BCUT2D eigenvalue weighted by Gasteiger charge is 2.13. The molecule has 0 aliphatic heterocycles. The lowest BCUT2D eigenvalue weighted by Gasteiger charge is -2.18. The molecule has 2 nitrogen and oxygen atoms in total. The average Bonchev–Trinajstić information content (AvgIpc) is 2.42. The zero-order valence-corrected chi connectivity index (χ0v) is 13.7. The van der Waals surface area contributed by atoms with Gasteiger partial charge in [0.05, 0.1) is 7.11 Å². The van der Waals surface area contributed by atoms with E-state index in [1.54, 1.807) is 7.11 Å². The van der Waals surface area contributed by atoms with Gasteiger partial charge in [-0.3, -0.25) is 0 Å². The van der Waals surface area contributed by atoms with Crippen LogP contribution in [0.2, 0.25) is 0 Å². The van der Waals surface area contributed by atoms with E-state index in [0.29, 0.717) is 0 Å². The van der Waals surface area contributed by atoms with Crippen molar-refractivity contribution in [1.29, 1.82) is 0 Å². The molecular formula is C17H20BrNO. The van der Waals surface area contributed by atoms with Gasteiger partial charge in [0, 0.05) is 10.5 Å². The van der Waals surface area contributed by atoms with Crippen LogP contribution in [0.15, 0.2) is 40.9 Å². The average molecular weight is 334 g/mol. The number of benzene rings is 2. The molecule has 0 saturated carbocycles. The first-order chi connectivity index (χ1) is 9.52. The van der Waals surface area contributed by atoms with Crippen LogP contribution in [0.5, 0.6) is 5.75 Å². The summed E-state index contributed by atoms with van der Waals surface area (Å²) in [5, 5.41) is 0. The molecule has 106 valence electrons. The van der Waals surface area contributed by atoms with Crippen molar-refractivity contribution in [3.05, 3.63) is 63.1 Å². The third kappa shape index (κ3) is 3.22. The maximum absolute atomic E-state index is 6.40. The molecular weight excluding hydrogens is 314 g/mol. The second-order valence-corrected chi connectivity index (χ2v) is 5.97. The van der Waals surface area contributed by atoms with Crippen LogP contribution in [0.3, 0.4) is 0 Å². The number of hydrogen-bond acceptors (Lipinski definition) is 2. The van der Waals surface area contributed by atoms with Crippen LogP contribution in [0, 0.1) is 13.8 Å². The minimum atomic E-state index is -0.0295. The molecule has 0 bridgehead atoms. The van der Waals surface area contributed by atoms with Crippen molar-refractivity contribution in [3.63, 3.8) is 0 Å². The predicted octanol–water partition coefficient (Wildman–Crippen LogP) is 4.32. The maximum Gasteiger partial charge on any atom is 0.122 e. The fourth-order valence-electron chi connectivity index (χ4n) is 2.43. The molecule has 3 heteroatoms. The molecule has 0 fully saturated rings. The van der Waals surface area contributed by atoms with Crippen molar-refractivity contribution in [2.45, 2.75) is 26.3 Å². The molecule has 20 heavy (non-hydrogen) atoms. The van der Waals surface area contributed by atoms with Crippen molar-refractivity contribution in [1.82, 2.24) is 0 Å². The van der Waals surface area contributed by atoms with Gasteiger partial charge in [0.2, 0.25) is 0 Å². The summed E-state index contributed by atoms with van der Waals surface area (Å²) < 4.78 is 6.46. The molecule has 0 saturated heterocycles. The van der Waals surface area contributed by atoms with Crippen LogP contribution < -0.4 is 10.5 Å². The first-order valence-electron chi connectivity index (χ1n) is 6.67. The van der Waals surface area contributed by atoms with Gasteiger partial charge in [-0.25, -0.2) is 0 Å². The van der Waals surface area contributed by atoms with Crippen molar-refractivity contribution in [2.24, 2.45) is 5.73 Å². The highest BCUT2D eigenvalue weighted by molar-refractivity contribution is 9.10. The molecule has 1 atom stereocenters. The maximum atomic E-state index is 6.40. The molecule has 0 radical (unpaired) electrons. The lowest BCUT2D eigenvalue weighted by atomic mass is 9.93. The SMILES string of the molecule is COc1ccc(Br)cc1CC(N)c1cccc(C)c1C. The topological polar surface area (TPSA) is 35.2 Å². The van der Waals surface area contributed by atoms with Gasteiger partial charge in [-0.05, 0) is 60.7 Å². The summed E-state index contributed by atoms with van der Waals surface area (Å²) >= 11 is 3.50. The largest absolute Gasteiger partial charge is 0.496 e. The van der Waals surface area contributed by atoms with Crippen LogP contribution >= 0.6 is 15.9 Å².